The predicted molar refractivity (Wildman–Crippen MR) is 88.4 cm³/mol. The molecule has 0 aliphatic carbocycles. The van der Waals surface area contributed by atoms with Gasteiger partial charge in [-0.1, -0.05) is 23.7 Å². The Labute approximate surface area is 130 Å². The lowest BCUT2D eigenvalue weighted by Gasteiger charge is -2.16. The summed E-state index contributed by atoms with van der Waals surface area (Å²) in [5.74, 6) is 0. The van der Waals surface area contributed by atoms with Crippen LogP contribution in [0.2, 0.25) is 5.02 Å². The molecule has 2 aromatic rings. The molecule has 0 fully saturated rings. The molecule has 0 radical (unpaired) electrons. The van der Waals surface area contributed by atoms with Crippen LogP contribution in [0.25, 0.3) is 0 Å². The van der Waals surface area contributed by atoms with Gasteiger partial charge in [0.15, 0.2) is 0 Å². The molecule has 4 heteroatoms. The minimum Gasteiger partial charge on any atom is -0.315 e. The average molecular weight is 309 g/mol. The largest absolute Gasteiger partial charge is 0.315 e. The summed E-state index contributed by atoms with van der Waals surface area (Å²) in [7, 11) is 4.13. The van der Waals surface area contributed by atoms with Gasteiger partial charge in [-0.3, -0.25) is 4.90 Å². The second-order valence-electron chi connectivity index (χ2n) is 5.13. The van der Waals surface area contributed by atoms with Crippen LogP contribution in [0.1, 0.15) is 20.9 Å². The number of nitrogens with one attached hydrogen (secondary N) is 1. The summed E-state index contributed by atoms with van der Waals surface area (Å²) in [4.78, 5) is 5.13. The molecule has 108 valence electrons. The van der Waals surface area contributed by atoms with Crippen molar-refractivity contribution in [2.45, 2.75) is 26.6 Å². The Kier molecular flexibility index (Phi) is 5.61. The monoisotopic (exact) mass is 308 g/mol. The van der Waals surface area contributed by atoms with Crippen LogP contribution in [0.4, 0.5) is 0 Å². The van der Waals surface area contributed by atoms with Crippen molar-refractivity contribution in [3.8, 4) is 0 Å². The Balaban J connectivity index is 1.99. The molecule has 0 atom stereocenters. The first-order chi connectivity index (χ1) is 9.58. The Morgan fingerprint density at radius 2 is 2.05 bits per heavy atom. The topological polar surface area (TPSA) is 15.3 Å². The van der Waals surface area contributed by atoms with Crippen molar-refractivity contribution in [2.75, 3.05) is 14.1 Å². The standard InChI is InChI=1S/C16H21ClN2S/c1-12-14(8-16(20-12)9-18-2)11-19(3)10-13-5-4-6-15(17)7-13/h4-8,18H,9-11H2,1-3H3. The summed E-state index contributed by atoms with van der Waals surface area (Å²) in [6, 6.07) is 10.4. The van der Waals surface area contributed by atoms with Crippen LogP contribution in [-0.2, 0) is 19.6 Å². The highest BCUT2D eigenvalue weighted by atomic mass is 35.5. The number of benzene rings is 1. The fourth-order valence-electron chi connectivity index (χ4n) is 2.30. The molecule has 1 aromatic carbocycles. The molecule has 0 aliphatic rings. The molecule has 1 heterocycles. The lowest BCUT2D eigenvalue weighted by molar-refractivity contribution is 0.319. The third-order valence-electron chi connectivity index (χ3n) is 3.20. The molecule has 0 amide bonds. The summed E-state index contributed by atoms with van der Waals surface area (Å²) in [6.45, 7) is 5.03. The molecular formula is C16H21ClN2S. The molecule has 0 aliphatic heterocycles. The molecule has 2 nitrogen and oxygen atoms in total. The van der Waals surface area contributed by atoms with Crippen molar-refractivity contribution in [1.82, 2.24) is 10.2 Å². The number of nitrogens with zero attached hydrogens (tertiary/aromatic N) is 1. The van der Waals surface area contributed by atoms with Crippen molar-refractivity contribution in [1.29, 1.82) is 0 Å². The Morgan fingerprint density at radius 1 is 1.25 bits per heavy atom. The zero-order valence-electron chi connectivity index (χ0n) is 12.2. The van der Waals surface area contributed by atoms with Crippen molar-refractivity contribution >= 4 is 22.9 Å². The van der Waals surface area contributed by atoms with E-state index in [-0.39, 0.29) is 0 Å². The highest BCUT2D eigenvalue weighted by Crippen LogP contribution is 2.23. The molecule has 0 unspecified atom stereocenters. The number of rotatable bonds is 6. The lowest BCUT2D eigenvalue weighted by Crippen LogP contribution is -2.17. The number of hydrogen-bond acceptors (Lipinski definition) is 3. The molecule has 20 heavy (non-hydrogen) atoms. The van der Waals surface area contributed by atoms with Gasteiger partial charge in [-0.15, -0.1) is 11.3 Å². The normalized spacial score (nSPS) is 11.2. The summed E-state index contributed by atoms with van der Waals surface area (Å²) in [5, 5.41) is 4.01. The van der Waals surface area contributed by atoms with Gasteiger partial charge in [0.05, 0.1) is 0 Å². The first-order valence-electron chi connectivity index (χ1n) is 6.74. The predicted octanol–water partition coefficient (Wildman–Crippen LogP) is 4.06. The van der Waals surface area contributed by atoms with Gasteiger partial charge in [-0.05, 0) is 50.3 Å². The van der Waals surface area contributed by atoms with Gasteiger partial charge in [0.25, 0.3) is 0 Å². The highest BCUT2D eigenvalue weighted by molar-refractivity contribution is 7.12. The number of thiophene rings is 1. The number of aryl methyl sites for hydroxylation is 1. The van der Waals surface area contributed by atoms with Gasteiger partial charge in [0.1, 0.15) is 0 Å². The van der Waals surface area contributed by atoms with Crippen LogP contribution < -0.4 is 5.32 Å². The van der Waals surface area contributed by atoms with Crippen LogP contribution in [-0.4, -0.2) is 19.0 Å². The third-order valence-corrected chi connectivity index (χ3v) is 4.53. The zero-order chi connectivity index (χ0) is 14.5. The van der Waals surface area contributed by atoms with Crippen LogP contribution >= 0.6 is 22.9 Å². The van der Waals surface area contributed by atoms with Gasteiger partial charge in [0, 0.05) is 34.4 Å². The summed E-state index contributed by atoms with van der Waals surface area (Å²) in [5.41, 5.74) is 2.67. The van der Waals surface area contributed by atoms with Gasteiger partial charge >= 0.3 is 0 Å². The van der Waals surface area contributed by atoms with Crippen molar-refractivity contribution in [3.63, 3.8) is 0 Å². The molecule has 0 bridgehead atoms. The van der Waals surface area contributed by atoms with E-state index in [4.69, 9.17) is 11.6 Å². The third kappa shape index (κ3) is 4.32. The minimum absolute atomic E-state index is 0.805. The van der Waals surface area contributed by atoms with E-state index in [1.54, 1.807) is 0 Å². The Morgan fingerprint density at radius 3 is 2.75 bits per heavy atom. The second kappa shape index (κ2) is 7.23. The fraction of sp³-hybridized carbons (Fsp3) is 0.375. The van der Waals surface area contributed by atoms with E-state index in [1.807, 2.05) is 36.6 Å². The SMILES string of the molecule is CNCc1cc(CN(C)Cc2cccc(Cl)c2)c(C)s1. The maximum Gasteiger partial charge on any atom is 0.0409 e. The molecular weight excluding hydrogens is 288 g/mol. The van der Waals surface area contributed by atoms with Crippen LogP contribution in [0.3, 0.4) is 0 Å². The Hall–Kier alpha value is -0.870. The van der Waals surface area contributed by atoms with E-state index in [2.05, 4.69) is 36.3 Å². The van der Waals surface area contributed by atoms with E-state index in [0.717, 1.165) is 24.7 Å². The highest BCUT2D eigenvalue weighted by Gasteiger charge is 2.08. The lowest BCUT2D eigenvalue weighted by atomic mass is 10.2. The number of halogens is 1. The molecule has 1 aromatic heterocycles. The molecule has 0 spiro atoms. The molecule has 2 rings (SSSR count). The second-order valence-corrected chi connectivity index (χ2v) is 6.90. The Bertz CT molecular complexity index is 565. The van der Waals surface area contributed by atoms with Crippen molar-refractivity contribution in [3.05, 3.63) is 56.2 Å². The van der Waals surface area contributed by atoms with E-state index >= 15 is 0 Å². The quantitative estimate of drug-likeness (QED) is 0.865. The van der Waals surface area contributed by atoms with Crippen LogP contribution in [0, 0.1) is 6.92 Å². The maximum absolute atomic E-state index is 6.03. The van der Waals surface area contributed by atoms with Gasteiger partial charge in [-0.2, -0.15) is 0 Å². The first kappa shape index (κ1) is 15.5. The van der Waals surface area contributed by atoms with E-state index in [0.29, 0.717) is 0 Å². The zero-order valence-corrected chi connectivity index (χ0v) is 13.8. The molecule has 0 saturated heterocycles. The van der Waals surface area contributed by atoms with Crippen molar-refractivity contribution in [2.24, 2.45) is 0 Å². The first-order valence-corrected chi connectivity index (χ1v) is 7.93. The van der Waals surface area contributed by atoms with E-state index in [1.165, 1.54) is 20.9 Å². The molecule has 0 saturated carbocycles. The summed E-state index contributed by atoms with van der Waals surface area (Å²) in [6.07, 6.45) is 0. The summed E-state index contributed by atoms with van der Waals surface area (Å²) >= 11 is 7.91. The van der Waals surface area contributed by atoms with E-state index in [9.17, 15) is 0 Å². The molecule has 1 N–H and O–H groups in total. The maximum atomic E-state index is 6.03. The van der Waals surface area contributed by atoms with Gasteiger partial charge < -0.3 is 5.32 Å². The van der Waals surface area contributed by atoms with Crippen LogP contribution in [0.5, 0.6) is 0 Å². The smallest absolute Gasteiger partial charge is 0.0409 e. The van der Waals surface area contributed by atoms with Gasteiger partial charge in [-0.25, -0.2) is 0 Å². The fourth-order valence-corrected chi connectivity index (χ4v) is 3.58. The van der Waals surface area contributed by atoms with Gasteiger partial charge in [0.2, 0.25) is 0 Å². The number of hydrogen-bond donors (Lipinski definition) is 1. The van der Waals surface area contributed by atoms with E-state index < -0.39 is 0 Å². The summed E-state index contributed by atoms with van der Waals surface area (Å²) < 4.78 is 0. The average Bonchev–Trinajstić information content (AvgIpc) is 2.70. The van der Waals surface area contributed by atoms with Crippen molar-refractivity contribution < 1.29 is 0 Å². The minimum atomic E-state index is 0.805. The van der Waals surface area contributed by atoms with Crippen LogP contribution in [0.15, 0.2) is 30.3 Å².